The fraction of sp³-hybridized carbons (Fsp3) is 0.188. The number of aromatic nitrogens is 1. The first-order valence-electron chi connectivity index (χ1n) is 6.89. The number of hydrogen-bond donors (Lipinski definition) is 2. The molecule has 0 spiro atoms. The molecule has 3 rings (SSSR count). The van der Waals surface area contributed by atoms with Crippen LogP contribution < -0.4 is 19.5 Å². The molecule has 1 amide bonds. The van der Waals surface area contributed by atoms with Crippen molar-refractivity contribution in [1.29, 1.82) is 0 Å². The van der Waals surface area contributed by atoms with Crippen LogP contribution in [0, 0.1) is 0 Å². The van der Waals surface area contributed by atoms with Crippen molar-refractivity contribution < 1.29 is 28.9 Å². The molecule has 0 atom stereocenters. The maximum atomic E-state index is 12.0. The predicted molar refractivity (Wildman–Crippen MR) is 84.4 cm³/mol. The second kappa shape index (κ2) is 7.82. The van der Waals surface area contributed by atoms with Crippen LogP contribution in [0.2, 0.25) is 0 Å². The highest BCUT2D eigenvalue weighted by molar-refractivity contribution is 6.00. The average molecular weight is 332 g/mol. The first-order valence-corrected chi connectivity index (χ1v) is 6.89. The lowest BCUT2D eigenvalue weighted by atomic mass is 10.0. The highest BCUT2D eigenvalue weighted by atomic mass is 16.7. The maximum absolute atomic E-state index is 12.0. The van der Waals surface area contributed by atoms with Crippen LogP contribution in [-0.4, -0.2) is 43.4 Å². The van der Waals surface area contributed by atoms with Gasteiger partial charge in [0.2, 0.25) is 6.79 Å². The Hall–Kier alpha value is -3.29. The van der Waals surface area contributed by atoms with Gasteiger partial charge < -0.3 is 24.6 Å². The number of rotatable bonds is 3. The zero-order valence-electron chi connectivity index (χ0n) is 13.1. The molecule has 0 saturated carbocycles. The Kier molecular flexibility index (Phi) is 5.56. The number of hydrogen-bond acceptors (Lipinski definition) is 6. The van der Waals surface area contributed by atoms with Gasteiger partial charge in [-0.2, -0.15) is 0 Å². The van der Waals surface area contributed by atoms with Crippen LogP contribution in [0.4, 0.5) is 0 Å². The number of nitrogens with one attached hydrogen (secondary N) is 1. The minimum atomic E-state index is -0.250. The molecule has 1 aromatic carbocycles. The number of fused-ring (bicyclic) bond motifs is 1. The Balaban J connectivity index is 0.000000647. The third kappa shape index (κ3) is 3.37. The van der Waals surface area contributed by atoms with Gasteiger partial charge in [-0.1, -0.05) is 0 Å². The normalized spacial score (nSPS) is 11.1. The molecule has 1 aromatic heterocycles. The molecule has 1 aliphatic heterocycles. The summed E-state index contributed by atoms with van der Waals surface area (Å²) in [6.45, 7) is -0.0769. The Morgan fingerprint density at radius 1 is 1.38 bits per heavy atom. The number of benzene rings is 1. The third-order valence-corrected chi connectivity index (χ3v) is 3.23. The Morgan fingerprint density at radius 3 is 2.67 bits per heavy atom. The number of ether oxygens (including phenoxy) is 3. The molecule has 2 N–H and O–H groups in total. The molecular formula is C16H16N2O6. The second-order valence-electron chi connectivity index (χ2n) is 4.49. The second-order valence-corrected chi connectivity index (χ2v) is 4.49. The molecule has 0 aliphatic carbocycles. The molecular weight excluding hydrogens is 316 g/mol. The van der Waals surface area contributed by atoms with Crippen LogP contribution in [0.1, 0.15) is 10.4 Å². The van der Waals surface area contributed by atoms with Gasteiger partial charge in [-0.15, -0.1) is 0 Å². The van der Waals surface area contributed by atoms with Gasteiger partial charge in [0.05, 0.1) is 18.4 Å². The standard InChI is InChI=1S/C15H14N2O4.CH2O2/c1-16-15(18)9-4-3-5-17-14(9)10-6-12-13(21-8-20-12)7-11(10)19-2;2-1-3/h3-7H,8H2,1-2H3,(H,16,18);1H,(H,2,3). The Bertz CT molecular complexity index is 747. The highest BCUT2D eigenvalue weighted by Gasteiger charge is 2.22. The fourth-order valence-corrected chi connectivity index (χ4v) is 2.22. The number of methoxy groups -OCH3 is 1. The van der Waals surface area contributed by atoms with Crippen LogP contribution in [-0.2, 0) is 4.79 Å². The molecule has 0 unspecified atom stereocenters. The summed E-state index contributed by atoms with van der Waals surface area (Å²) < 4.78 is 16.1. The van der Waals surface area contributed by atoms with Crippen LogP contribution in [0.3, 0.4) is 0 Å². The summed E-state index contributed by atoms with van der Waals surface area (Å²) in [6, 6.07) is 6.94. The molecule has 0 fully saturated rings. The summed E-state index contributed by atoms with van der Waals surface area (Å²) in [5.41, 5.74) is 1.69. The first kappa shape index (κ1) is 17.1. The summed E-state index contributed by atoms with van der Waals surface area (Å²) in [6.07, 6.45) is 1.63. The van der Waals surface area contributed by atoms with Gasteiger partial charge in [0.1, 0.15) is 5.75 Å². The smallest absolute Gasteiger partial charge is 0.290 e. The van der Waals surface area contributed by atoms with Gasteiger partial charge in [-0.3, -0.25) is 14.6 Å². The van der Waals surface area contributed by atoms with E-state index in [-0.39, 0.29) is 19.2 Å². The molecule has 0 saturated heterocycles. The van der Waals surface area contributed by atoms with E-state index in [4.69, 9.17) is 24.1 Å². The largest absolute Gasteiger partial charge is 0.496 e. The number of carbonyl (C=O) groups excluding carboxylic acids is 1. The molecule has 2 aromatic rings. The maximum Gasteiger partial charge on any atom is 0.290 e. The van der Waals surface area contributed by atoms with E-state index in [1.807, 2.05) is 0 Å². The van der Waals surface area contributed by atoms with E-state index < -0.39 is 0 Å². The van der Waals surface area contributed by atoms with Gasteiger partial charge >= 0.3 is 0 Å². The number of amides is 1. The molecule has 1 aliphatic rings. The van der Waals surface area contributed by atoms with Crippen molar-refractivity contribution in [3.05, 3.63) is 36.0 Å². The van der Waals surface area contributed by atoms with Gasteiger partial charge in [0.15, 0.2) is 11.5 Å². The van der Waals surface area contributed by atoms with E-state index in [0.717, 1.165) is 0 Å². The minimum Gasteiger partial charge on any atom is -0.496 e. The van der Waals surface area contributed by atoms with Crippen LogP contribution in [0.25, 0.3) is 11.3 Å². The van der Waals surface area contributed by atoms with E-state index in [9.17, 15) is 4.79 Å². The Labute approximate surface area is 138 Å². The van der Waals surface area contributed by atoms with Crippen LogP contribution >= 0.6 is 0 Å². The van der Waals surface area contributed by atoms with Gasteiger partial charge in [-0.05, 0) is 18.2 Å². The van der Waals surface area contributed by atoms with Crippen molar-refractivity contribution in [3.63, 3.8) is 0 Å². The molecule has 8 heteroatoms. The zero-order valence-corrected chi connectivity index (χ0v) is 13.1. The van der Waals surface area contributed by atoms with Crippen molar-refractivity contribution in [1.82, 2.24) is 10.3 Å². The highest BCUT2D eigenvalue weighted by Crippen LogP contribution is 2.42. The number of pyridine rings is 1. The van der Waals surface area contributed by atoms with E-state index in [1.54, 1.807) is 44.6 Å². The quantitative estimate of drug-likeness (QED) is 0.821. The number of nitrogens with zero attached hydrogens (tertiary/aromatic N) is 1. The third-order valence-electron chi connectivity index (χ3n) is 3.23. The molecule has 8 nitrogen and oxygen atoms in total. The van der Waals surface area contributed by atoms with E-state index in [1.165, 1.54) is 0 Å². The molecule has 0 radical (unpaired) electrons. The molecule has 24 heavy (non-hydrogen) atoms. The first-order chi connectivity index (χ1) is 11.7. The molecule has 2 heterocycles. The molecule has 0 bridgehead atoms. The van der Waals surface area contributed by atoms with E-state index in [2.05, 4.69) is 10.3 Å². The van der Waals surface area contributed by atoms with Gasteiger partial charge in [0, 0.05) is 24.9 Å². The van der Waals surface area contributed by atoms with Crippen molar-refractivity contribution in [2.75, 3.05) is 21.0 Å². The SMILES string of the molecule is CNC(=O)c1cccnc1-c1cc2c(cc1OC)OCO2.O=CO. The average Bonchev–Trinajstić information content (AvgIpc) is 3.08. The topological polar surface area (TPSA) is 107 Å². The van der Waals surface area contributed by atoms with Crippen molar-refractivity contribution in [2.24, 2.45) is 0 Å². The van der Waals surface area contributed by atoms with Crippen LogP contribution in [0.15, 0.2) is 30.5 Å². The lowest BCUT2D eigenvalue weighted by Crippen LogP contribution is -2.19. The monoisotopic (exact) mass is 332 g/mol. The summed E-state index contributed by atoms with van der Waals surface area (Å²) in [4.78, 5) is 24.7. The van der Waals surface area contributed by atoms with E-state index >= 15 is 0 Å². The fourth-order valence-electron chi connectivity index (χ4n) is 2.22. The Morgan fingerprint density at radius 2 is 2.04 bits per heavy atom. The van der Waals surface area contributed by atoms with Crippen LogP contribution in [0.5, 0.6) is 17.2 Å². The van der Waals surface area contributed by atoms with Gasteiger partial charge in [-0.25, -0.2) is 0 Å². The van der Waals surface area contributed by atoms with E-state index in [0.29, 0.717) is 34.1 Å². The summed E-state index contributed by atoms with van der Waals surface area (Å²) in [5.74, 6) is 1.59. The molecule has 126 valence electrons. The minimum absolute atomic E-state index is 0.173. The summed E-state index contributed by atoms with van der Waals surface area (Å²) in [5, 5.41) is 9.49. The predicted octanol–water partition coefficient (Wildman–Crippen LogP) is 1.55. The lowest BCUT2D eigenvalue weighted by molar-refractivity contribution is -0.122. The summed E-state index contributed by atoms with van der Waals surface area (Å²) >= 11 is 0. The summed E-state index contributed by atoms with van der Waals surface area (Å²) in [7, 11) is 3.14. The van der Waals surface area contributed by atoms with Crippen molar-refractivity contribution in [3.8, 4) is 28.5 Å². The van der Waals surface area contributed by atoms with Crippen molar-refractivity contribution in [2.45, 2.75) is 0 Å². The van der Waals surface area contributed by atoms with Crippen molar-refractivity contribution >= 4 is 12.4 Å². The van der Waals surface area contributed by atoms with Gasteiger partial charge in [0.25, 0.3) is 12.4 Å². The number of carbonyl (C=O) groups is 2. The lowest BCUT2D eigenvalue weighted by Gasteiger charge is -2.12. The zero-order chi connectivity index (χ0) is 17.5. The number of carboxylic acid groups (broad SMARTS) is 1.